The van der Waals surface area contributed by atoms with E-state index in [9.17, 15) is 22.0 Å². The van der Waals surface area contributed by atoms with Gasteiger partial charge in [-0.3, -0.25) is 0 Å². The van der Waals surface area contributed by atoms with Crippen LogP contribution in [0.2, 0.25) is 0 Å². The fourth-order valence-corrected chi connectivity index (χ4v) is 1.44. The van der Waals surface area contributed by atoms with E-state index in [1.807, 2.05) is 0 Å². The number of rotatable bonds is 1. The van der Waals surface area contributed by atoms with Crippen LogP contribution in [0.3, 0.4) is 0 Å². The smallest absolute Gasteiger partial charge is 0.319 e. The Kier molecular flexibility index (Phi) is 1.77. The van der Waals surface area contributed by atoms with Crippen molar-refractivity contribution < 1.29 is 22.0 Å². The van der Waals surface area contributed by atoms with Crippen LogP contribution < -0.4 is 5.73 Å². The van der Waals surface area contributed by atoms with Gasteiger partial charge in [0, 0.05) is 0 Å². The minimum Gasteiger partial charge on any atom is -0.319 e. The van der Waals surface area contributed by atoms with Crippen molar-refractivity contribution in [3.05, 3.63) is 0 Å². The van der Waals surface area contributed by atoms with E-state index in [-0.39, 0.29) is 6.42 Å². The Morgan fingerprint density at radius 3 is 1.46 bits per heavy atom. The lowest BCUT2D eigenvalue weighted by Gasteiger charge is -2.28. The normalized spacial score (nSPS) is 33.2. The van der Waals surface area contributed by atoms with E-state index in [0.717, 1.165) is 0 Å². The van der Waals surface area contributed by atoms with Gasteiger partial charge in [0.05, 0.1) is 5.54 Å². The first-order valence-electron chi connectivity index (χ1n) is 3.69. The fourth-order valence-electron chi connectivity index (χ4n) is 1.44. The summed E-state index contributed by atoms with van der Waals surface area (Å²) >= 11 is 0. The Bertz CT molecular complexity index is 232. The predicted molar refractivity (Wildman–Crippen MR) is 36.3 cm³/mol. The molecule has 13 heavy (non-hydrogen) atoms. The Balaban J connectivity index is 2.97. The summed E-state index contributed by atoms with van der Waals surface area (Å²) in [6.45, 7) is 2.60. The second kappa shape index (κ2) is 2.16. The lowest BCUT2D eigenvalue weighted by atomic mass is 9.98. The van der Waals surface area contributed by atoms with Crippen LogP contribution in [-0.2, 0) is 0 Å². The molecule has 1 saturated carbocycles. The standard InChI is InChI=1S/C7H10F5N/c1-4(2)3-5(4,13)6(8,9)7(10,11)12/h3,13H2,1-2H3. The lowest BCUT2D eigenvalue weighted by Crippen LogP contribution is -2.56. The van der Waals surface area contributed by atoms with Crippen LogP contribution in [0.25, 0.3) is 0 Å². The van der Waals surface area contributed by atoms with E-state index >= 15 is 0 Å². The molecule has 0 bridgehead atoms. The molecule has 1 aliphatic carbocycles. The molecule has 0 aliphatic heterocycles. The molecule has 0 spiro atoms. The number of hydrogen-bond acceptors (Lipinski definition) is 1. The van der Waals surface area contributed by atoms with Gasteiger partial charge in [0.15, 0.2) is 0 Å². The van der Waals surface area contributed by atoms with Gasteiger partial charge in [-0.2, -0.15) is 22.0 Å². The van der Waals surface area contributed by atoms with E-state index in [1.165, 1.54) is 13.8 Å². The van der Waals surface area contributed by atoms with Crippen molar-refractivity contribution in [2.75, 3.05) is 0 Å². The average Bonchev–Trinajstić information content (AvgIpc) is 2.31. The molecule has 0 amide bonds. The van der Waals surface area contributed by atoms with Gasteiger partial charge in [-0.15, -0.1) is 0 Å². The Hall–Kier alpha value is -0.390. The van der Waals surface area contributed by atoms with Gasteiger partial charge in [-0.1, -0.05) is 13.8 Å². The Morgan fingerprint density at radius 2 is 1.38 bits per heavy atom. The van der Waals surface area contributed by atoms with Crippen LogP contribution >= 0.6 is 0 Å². The molecule has 0 heterocycles. The predicted octanol–water partition coefficient (Wildman–Crippen LogP) is 2.31. The largest absolute Gasteiger partial charge is 0.455 e. The molecule has 1 atom stereocenters. The summed E-state index contributed by atoms with van der Waals surface area (Å²) < 4.78 is 61.1. The Labute approximate surface area is 72.1 Å². The van der Waals surface area contributed by atoms with Gasteiger partial charge < -0.3 is 5.73 Å². The SMILES string of the molecule is CC1(C)CC1(N)C(F)(F)C(F)(F)F. The summed E-state index contributed by atoms with van der Waals surface area (Å²) in [6.07, 6.45) is -5.87. The average molecular weight is 203 g/mol. The van der Waals surface area contributed by atoms with Crippen LogP contribution in [0, 0.1) is 5.41 Å². The highest BCUT2D eigenvalue weighted by molar-refractivity contribution is 5.23. The first-order chi connectivity index (χ1) is 5.46. The third-order valence-corrected chi connectivity index (χ3v) is 2.72. The molecule has 2 N–H and O–H groups in total. The van der Waals surface area contributed by atoms with Crippen molar-refractivity contribution in [3.8, 4) is 0 Å². The molecule has 0 aromatic rings. The molecule has 0 saturated heterocycles. The summed E-state index contributed by atoms with van der Waals surface area (Å²) in [6, 6.07) is 0. The summed E-state index contributed by atoms with van der Waals surface area (Å²) in [4.78, 5) is 0. The van der Waals surface area contributed by atoms with Crippen molar-refractivity contribution in [1.29, 1.82) is 0 Å². The lowest BCUT2D eigenvalue weighted by molar-refractivity contribution is -0.297. The zero-order chi connectivity index (χ0) is 10.7. The van der Waals surface area contributed by atoms with Crippen LogP contribution in [0.4, 0.5) is 22.0 Å². The summed E-state index contributed by atoms with van der Waals surface area (Å²) in [5.74, 6) is -4.80. The maximum Gasteiger partial charge on any atom is 0.455 e. The third-order valence-electron chi connectivity index (χ3n) is 2.72. The van der Waals surface area contributed by atoms with E-state index in [1.54, 1.807) is 0 Å². The van der Waals surface area contributed by atoms with E-state index < -0.39 is 23.1 Å². The topological polar surface area (TPSA) is 26.0 Å². The molecule has 1 rings (SSSR count). The zero-order valence-electron chi connectivity index (χ0n) is 7.17. The van der Waals surface area contributed by atoms with E-state index in [2.05, 4.69) is 0 Å². The fraction of sp³-hybridized carbons (Fsp3) is 1.00. The molecular formula is C7H10F5N. The van der Waals surface area contributed by atoms with Gasteiger partial charge in [-0.25, -0.2) is 0 Å². The maximum absolute atomic E-state index is 12.7. The first-order valence-corrected chi connectivity index (χ1v) is 3.69. The molecule has 1 unspecified atom stereocenters. The number of halogens is 5. The highest BCUT2D eigenvalue weighted by atomic mass is 19.4. The minimum atomic E-state index is -5.56. The summed E-state index contributed by atoms with van der Waals surface area (Å²) in [5.41, 5.74) is 1.44. The monoisotopic (exact) mass is 203 g/mol. The second-order valence-corrected chi connectivity index (χ2v) is 4.10. The molecule has 0 radical (unpaired) electrons. The number of nitrogens with two attached hydrogens (primary N) is 1. The van der Waals surface area contributed by atoms with Crippen molar-refractivity contribution in [3.63, 3.8) is 0 Å². The van der Waals surface area contributed by atoms with Crippen LogP contribution in [0.5, 0.6) is 0 Å². The van der Waals surface area contributed by atoms with Gasteiger partial charge >= 0.3 is 12.1 Å². The highest BCUT2D eigenvalue weighted by Gasteiger charge is 2.80. The van der Waals surface area contributed by atoms with Gasteiger partial charge in [0.2, 0.25) is 0 Å². The van der Waals surface area contributed by atoms with Crippen molar-refractivity contribution in [1.82, 2.24) is 0 Å². The maximum atomic E-state index is 12.7. The van der Waals surface area contributed by atoms with Crippen LogP contribution in [0.1, 0.15) is 20.3 Å². The highest BCUT2D eigenvalue weighted by Crippen LogP contribution is 2.64. The number of alkyl halides is 5. The van der Waals surface area contributed by atoms with Crippen molar-refractivity contribution in [2.24, 2.45) is 11.1 Å². The summed E-state index contributed by atoms with van der Waals surface area (Å²) in [7, 11) is 0. The molecule has 6 heteroatoms. The van der Waals surface area contributed by atoms with Crippen molar-refractivity contribution >= 4 is 0 Å². The third kappa shape index (κ3) is 1.14. The molecular weight excluding hydrogens is 193 g/mol. The molecule has 0 aromatic carbocycles. The van der Waals surface area contributed by atoms with Crippen LogP contribution in [0.15, 0.2) is 0 Å². The Morgan fingerprint density at radius 1 is 1.08 bits per heavy atom. The van der Waals surface area contributed by atoms with E-state index in [0.29, 0.717) is 0 Å². The van der Waals surface area contributed by atoms with Gasteiger partial charge in [0.1, 0.15) is 0 Å². The molecule has 78 valence electrons. The second-order valence-electron chi connectivity index (χ2n) is 4.10. The van der Waals surface area contributed by atoms with Crippen LogP contribution in [-0.4, -0.2) is 17.6 Å². The molecule has 1 nitrogen and oxygen atoms in total. The first kappa shape index (κ1) is 10.7. The van der Waals surface area contributed by atoms with Gasteiger partial charge in [0.25, 0.3) is 0 Å². The van der Waals surface area contributed by atoms with Gasteiger partial charge in [-0.05, 0) is 11.8 Å². The molecule has 0 aromatic heterocycles. The molecule has 1 aliphatic rings. The van der Waals surface area contributed by atoms with E-state index in [4.69, 9.17) is 5.73 Å². The quantitative estimate of drug-likeness (QED) is 0.650. The molecule has 1 fully saturated rings. The zero-order valence-corrected chi connectivity index (χ0v) is 7.17. The minimum absolute atomic E-state index is 0.313. The summed E-state index contributed by atoms with van der Waals surface area (Å²) in [5, 5.41) is 0. The number of hydrogen-bond donors (Lipinski definition) is 1. The van der Waals surface area contributed by atoms with Crippen molar-refractivity contribution in [2.45, 2.75) is 37.9 Å².